The van der Waals surface area contributed by atoms with Gasteiger partial charge in [0.15, 0.2) is 6.29 Å². The predicted molar refractivity (Wildman–Crippen MR) is 54.0 cm³/mol. The number of rotatable bonds is 2. The summed E-state index contributed by atoms with van der Waals surface area (Å²) in [6, 6.07) is 12.5. The van der Waals surface area contributed by atoms with Crippen molar-refractivity contribution in [2.24, 2.45) is 0 Å². The van der Waals surface area contributed by atoms with Crippen LogP contribution in [0.25, 0.3) is 11.1 Å². The molecule has 1 nitrogen and oxygen atoms in total. The molecule has 0 aliphatic rings. The second-order valence-electron chi connectivity index (χ2n) is 2.61. The van der Waals surface area contributed by atoms with Gasteiger partial charge in [0.1, 0.15) is 0 Å². The van der Waals surface area contributed by atoms with Crippen molar-refractivity contribution in [3.8, 4) is 11.1 Å². The standard InChI is InChI=1S/C11H7OS/c12-8-11-10(6-7-13-11)9-4-2-1-3-5-9/h2-8H. The second kappa shape index (κ2) is 3.54. The molecule has 13 heavy (non-hydrogen) atoms. The molecule has 0 N–H and O–H groups in total. The molecule has 0 fully saturated rings. The van der Waals surface area contributed by atoms with Gasteiger partial charge in [0.25, 0.3) is 0 Å². The molecule has 1 radical (unpaired) electrons. The third-order valence-corrected chi connectivity index (χ3v) is 2.67. The molecule has 2 rings (SSSR count). The minimum absolute atomic E-state index is 0.784. The molecule has 0 aliphatic carbocycles. The zero-order valence-corrected chi connectivity index (χ0v) is 7.67. The maximum absolute atomic E-state index is 10.7. The van der Waals surface area contributed by atoms with Gasteiger partial charge in [0.05, 0.1) is 4.88 Å². The van der Waals surface area contributed by atoms with Crippen LogP contribution in [0.2, 0.25) is 0 Å². The van der Waals surface area contributed by atoms with E-state index in [1.54, 1.807) is 0 Å². The molecule has 0 spiro atoms. The van der Waals surface area contributed by atoms with Gasteiger partial charge in [0, 0.05) is 5.56 Å². The molecule has 0 amide bonds. The van der Waals surface area contributed by atoms with E-state index in [0.717, 1.165) is 22.3 Å². The number of benzene rings is 1. The van der Waals surface area contributed by atoms with Gasteiger partial charge < -0.3 is 0 Å². The van der Waals surface area contributed by atoms with Gasteiger partial charge >= 0.3 is 0 Å². The van der Waals surface area contributed by atoms with Gasteiger partial charge in [-0.3, -0.25) is 4.79 Å². The molecule has 2 aromatic rings. The Hall–Kier alpha value is -1.41. The highest BCUT2D eigenvalue weighted by molar-refractivity contribution is 7.12. The Labute approximate surface area is 80.7 Å². The van der Waals surface area contributed by atoms with E-state index in [-0.39, 0.29) is 0 Å². The minimum Gasteiger partial charge on any atom is -0.297 e. The molecular weight excluding hydrogens is 180 g/mol. The smallest absolute Gasteiger partial charge is 0.160 e. The first-order chi connectivity index (χ1) is 6.42. The van der Waals surface area contributed by atoms with Crippen molar-refractivity contribution >= 4 is 17.6 Å². The minimum atomic E-state index is 0.784. The maximum Gasteiger partial charge on any atom is 0.160 e. The van der Waals surface area contributed by atoms with Crippen molar-refractivity contribution in [1.82, 2.24) is 0 Å². The summed E-state index contributed by atoms with van der Waals surface area (Å²) in [5.74, 6) is 0. The first-order valence-corrected chi connectivity index (χ1v) is 4.79. The number of thiophene rings is 1. The Kier molecular flexibility index (Phi) is 2.23. The summed E-state index contributed by atoms with van der Waals surface area (Å²) >= 11 is 1.47. The van der Waals surface area contributed by atoms with E-state index < -0.39 is 0 Å². The highest BCUT2D eigenvalue weighted by Crippen LogP contribution is 2.26. The molecule has 1 aromatic heterocycles. The molecule has 0 saturated carbocycles. The molecule has 1 aromatic carbocycles. The van der Waals surface area contributed by atoms with Crippen molar-refractivity contribution in [2.75, 3.05) is 0 Å². The fourth-order valence-electron chi connectivity index (χ4n) is 1.22. The number of carbonyl (C=O) groups excluding carboxylic acids is 1. The SMILES string of the molecule is O=Cc1sccc1-c1cc[c]cc1. The molecule has 0 unspecified atom stereocenters. The van der Waals surface area contributed by atoms with Gasteiger partial charge in [-0.1, -0.05) is 24.3 Å². The Morgan fingerprint density at radius 1 is 1.23 bits per heavy atom. The summed E-state index contributed by atoms with van der Waals surface area (Å²) in [4.78, 5) is 11.4. The number of hydrogen-bond donors (Lipinski definition) is 0. The average molecular weight is 187 g/mol. The van der Waals surface area contributed by atoms with Crippen molar-refractivity contribution < 1.29 is 4.79 Å². The van der Waals surface area contributed by atoms with Gasteiger partial charge in [-0.05, 0) is 23.1 Å². The lowest BCUT2D eigenvalue weighted by molar-refractivity contribution is 0.112. The van der Waals surface area contributed by atoms with E-state index in [2.05, 4.69) is 6.07 Å². The Balaban J connectivity index is 2.52. The topological polar surface area (TPSA) is 17.1 Å². The Bertz CT molecular complexity index is 403. The summed E-state index contributed by atoms with van der Waals surface area (Å²) in [5, 5.41) is 1.93. The van der Waals surface area contributed by atoms with Crippen LogP contribution in [-0.2, 0) is 0 Å². The monoisotopic (exact) mass is 187 g/mol. The van der Waals surface area contributed by atoms with Gasteiger partial charge in [-0.25, -0.2) is 0 Å². The maximum atomic E-state index is 10.7. The van der Waals surface area contributed by atoms with Crippen LogP contribution in [0, 0.1) is 6.07 Å². The lowest BCUT2D eigenvalue weighted by Gasteiger charge is -1.96. The molecule has 0 atom stereocenters. The summed E-state index contributed by atoms with van der Waals surface area (Å²) in [7, 11) is 0. The van der Waals surface area contributed by atoms with E-state index in [0.29, 0.717) is 0 Å². The normalized spacial score (nSPS) is 9.85. The first-order valence-electron chi connectivity index (χ1n) is 3.91. The van der Waals surface area contributed by atoms with Crippen LogP contribution in [0.1, 0.15) is 9.67 Å². The van der Waals surface area contributed by atoms with Crippen LogP contribution < -0.4 is 0 Å². The van der Waals surface area contributed by atoms with Crippen molar-refractivity contribution in [1.29, 1.82) is 0 Å². The van der Waals surface area contributed by atoms with Crippen LogP contribution in [0.15, 0.2) is 35.7 Å². The first kappa shape index (κ1) is 8.20. The van der Waals surface area contributed by atoms with E-state index in [1.165, 1.54) is 11.3 Å². The van der Waals surface area contributed by atoms with E-state index in [1.807, 2.05) is 35.7 Å². The van der Waals surface area contributed by atoms with Crippen molar-refractivity contribution in [3.05, 3.63) is 46.7 Å². The summed E-state index contributed by atoms with van der Waals surface area (Å²) < 4.78 is 0. The number of hydrogen-bond acceptors (Lipinski definition) is 2. The highest BCUT2D eigenvalue weighted by atomic mass is 32.1. The molecule has 63 valence electrons. The van der Waals surface area contributed by atoms with Crippen LogP contribution in [0.5, 0.6) is 0 Å². The third kappa shape index (κ3) is 1.53. The third-order valence-electron chi connectivity index (χ3n) is 1.83. The summed E-state index contributed by atoms with van der Waals surface area (Å²) in [6.07, 6.45) is 0.900. The Morgan fingerprint density at radius 3 is 2.69 bits per heavy atom. The zero-order valence-electron chi connectivity index (χ0n) is 6.86. The Morgan fingerprint density at radius 2 is 2.00 bits per heavy atom. The van der Waals surface area contributed by atoms with Crippen LogP contribution in [-0.4, -0.2) is 6.29 Å². The van der Waals surface area contributed by atoms with Crippen molar-refractivity contribution in [3.63, 3.8) is 0 Å². The lowest BCUT2D eigenvalue weighted by atomic mass is 10.1. The van der Waals surface area contributed by atoms with Crippen molar-refractivity contribution in [2.45, 2.75) is 0 Å². The second-order valence-corrected chi connectivity index (χ2v) is 3.55. The molecule has 0 bridgehead atoms. The number of carbonyl (C=O) groups is 1. The molecule has 0 saturated heterocycles. The fourth-order valence-corrected chi connectivity index (χ4v) is 1.94. The van der Waals surface area contributed by atoms with Crippen LogP contribution in [0.4, 0.5) is 0 Å². The van der Waals surface area contributed by atoms with E-state index in [4.69, 9.17) is 0 Å². The van der Waals surface area contributed by atoms with Gasteiger partial charge in [-0.2, -0.15) is 0 Å². The van der Waals surface area contributed by atoms with E-state index >= 15 is 0 Å². The van der Waals surface area contributed by atoms with Crippen LogP contribution >= 0.6 is 11.3 Å². The van der Waals surface area contributed by atoms with Gasteiger partial charge in [0.2, 0.25) is 0 Å². The zero-order chi connectivity index (χ0) is 9.10. The van der Waals surface area contributed by atoms with Gasteiger partial charge in [-0.15, -0.1) is 11.3 Å². The highest BCUT2D eigenvalue weighted by Gasteiger charge is 2.03. The molecule has 2 heteroatoms. The fraction of sp³-hybridized carbons (Fsp3) is 0. The van der Waals surface area contributed by atoms with E-state index in [9.17, 15) is 4.79 Å². The quantitative estimate of drug-likeness (QED) is 0.660. The number of aldehydes is 1. The molecular formula is C11H7OS. The van der Waals surface area contributed by atoms with Crippen LogP contribution in [0.3, 0.4) is 0 Å². The summed E-state index contributed by atoms with van der Waals surface area (Å²) in [6.45, 7) is 0. The predicted octanol–water partition coefficient (Wildman–Crippen LogP) is 3.03. The average Bonchev–Trinajstić information content (AvgIpc) is 2.67. The lowest BCUT2D eigenvalue weighted by Crippen LogP contribution is -1.78. The largest absolute Gasteiger partial charge is 0.297 e. The molecule has 1 heterocycles. The molecule has 0 aliphatic heterocycles. The summed E-state index contributed by atoms with van der Waals surface area (Å²) in [5.41, 5.74) is 2.08.